The van der Waals surface area contributed by atoms with Gasteiger partial charge in [-0.05, 0) is 44.5 Å². The Bertz CT molecular complexity index is 819. The van der Waals surface area contributed by atoms with E-state index < -0.39 is 11.2 Å². The first-order valence-electron chi connectivity index (χ1n) is 8.82. The molecule has 8 nitrogen and oxygen atoms in total. The van der Waals surface area contributed by atoms with Gasteiger partial charge in [0.25, 0.3) is 0 Å². The summed E-state index contributed by atoms with van der Waals surface area (Å²) in [6.45, 7) is 5.73. The molecule has 1 atom stereocenters. The van der Waals surface area contributed by atoms with Crippen LogP contribution in [0.25, 0.3) is 0 Å². The molecule has 0 saturated heterocycles. The Morgan fingerprint density at radius 1 is 1.21 bits per heavy atom. The first kappa shape index (κ1) is 21.5. The van der Waals surface area contributed by atoms with Crippen LogP contribution in [0.1, 0.15) is 36.4 Å². The van der Waals surface area contributed by atoms with Crippen molar-refractivity contribution in [2.45, 2.75) is 32.4 Å². The van der Waals surface area contributed by atoms with E-state index >= 15 is 0 Å². The number of carbonyl (C=O) groups is 3. The number of benzene rings is 1. The summed E-state index contributed by atoms with van der Waals surface area (Å²) in [4.78, 5) is 35.9. The Morgan fingerprint density at radius 2 is 1.93 bits per heavy atom. The first-order chi connectivity index (χ1) is 13.4. The number of rotatable bonds is 9. The average Bonchev–Trinajstić information content (AvgIpc) is 3.09. The zero-order chi connectivity index (χ0) is 20.5. The van der Waals surface area contributed by atoms with Gasteiger partial charge < -0.3 is 19.9 Å². The van der Waals surface area contributed by atoms with Gasteiger partial charge in [0.15, 0.2) is 5.82 Å². The zero-order valence-electron chi connectivity index (χ0n) is 16.0. The minimum Gasteiger partial charge on any atom is -0.462 e. The zero-order valence-corrected chi connectivity index (χ0v) is 16.8. The van der Waals surface area contributed by atoms with Crippen LogP contribution >= 0.6 is 11.8 Å². The van der Waals surface area contributed by atoms with Gasteiger partial charge in [0.1, 0.15) is 5.76 Å². The highest BCUT2D eigenvalue weighted by molar-refractivity contribution is 8.01. The van der Waals surface area contributed by atoms with Crippen molar-refractivity contribution in [1.82, 2.24) is 5.16 Å². The van der Waals surface area contributed by atoms with Gasteiger partial charge in [-0.25, -0.2) is 4.79 Å². The number of ether oxygens (including phenoxy) is 1. The van der Waals surface area contributed by atoms with E-state index in [1.165, 1.54) is 11.8 Å². The molecule has 0 spiro atoms. The van der Waals surface area contributed by atoms with Crippen LogP contribution in [-0.2, 0) is 14.3 Å². The SMILES string of the molecule is CCCOC(=O)c1ccc(NC(=O)CSC(C)C(=O)Nc2cc(C)on2)cc1. The second-order valence-corrected chi connectivity index (χ2v) is 7.36. The highest BCUT2D eigenvalue weighted by Crippen LogP contribution is 2.16. The molecule has 1 heterocycles. The third kappa shape index (κ3) is 6.73. The summed E-state index contributed by atoms with van der Waals surface area (Å²) in [5.41, 5.74) is 0.988. The molecule has 2 N–H and O–H groups in total. The first-order valence-corrected chi connectivity index (χ1v) is 9.86. The van der Waals surface area contributed by atoms with Crippen molar-refractivity contribution in [3.8, 4) is 0 Å². The normalized spacial score (nSPS) is 11.5. The average molecular weight is 405 g/mol. The van der Waals surface area contributed by atoms with E-state index in [-0.39, 0.29) is 17.6 Å². The molecule has 0 bridgehead atoms. The van der Waals surface area contributed by atoms with Gasteiger partial charge in [0, 0.05) is 11.8 Å². The standard InChI is InChI=1S/C19H23N3O5S/c1-4-9-26-19(25)14-5-7-15(8-6-14)20-17(23)11-28-13(3)18(24)21-16-10-12(2)27-22-16/h5-8,10,13H,4,9,11H2,1-3H3,(H,20,23)(H,21,22,24). The molecule has 0 aliphatic heterocycles. The molecule has 150 valence electrons. The molecule has 0 saturated carbocycles. The minimum atomic E-state index is -0.446. The number of carbonyl (C=O) groups excluding carboxylic acids is 3. The van der Waals surface area contributed by atoms with E-state index in [0.29, 0.717) is 29.4 Å². The molecule has 0 radical (unpaired) electrons. The second kappa shape index (κ2) is 10.5. The Labute approximate surface area is 167 Å². The summed E-state index contributed by atoms with van der Waals surface area (Å²) in [5, 5.41) is 8.61. The van der Waals surface area contributed by atoms with Gasteiger partial charge in [-0.2, -0.15) is 0 Å². The molecule has 0 aliphatic carbocycles. The smallest absolute Gasteiger partial charge is 0.338 e. The van der Waals surface area contributed by atoms with Crippen molar-refractivity contribution in [3.63, 3.8) is 0 Å². The molecule has 1 aromatic heterocycles. The van der Waals surface area contributed by atoms with Gasteiger partial charge in [-0.1, -0.05) is 12.1 Å². The monoisotopic (exact) mass is 405 g/mol. The van der Waals surface area contributed by atoms with Gasteiger partial charge in [0.2, 0.25) is 11.8 Å². The lowest BCUT2D eigenvalue weighted by Gasteiger charge is -2.11. The number of hydrogen-bond donors (Lipinski definition) is 2. The lowest BCUT2D eigenvalue weighted by Crippen LogP contribution is -2.25. The van der Waals surface area contributed by atoms with E-state index in [1.807, 2.05) is 6.92 Å². The van der Waals surface area contributed by atoms with Crippen LogP contribution in [0.5, 0.6) is 0 Å². The maximum absolute atomic E-state index is 12.1. The minimum absolute atomic E-state index is 0.104. The molecule has 1 aromatic carbocycles. The summed E-state index contributed by atoms with van der Waals surface area (Å²) in [6.07, 6.45) is 0.756. The summed E-state index contributed by atoms with van der Waals surface area (Å²) >= 11 is 1.20. The number of thioether (sulfide) groups is 1. The van der Waals surface area contributed by atoms with E-state index in [9.17, 15) is 14.4 Å². The van der Waals surface area contributed by atoms with Crippen LogP contribution in [0.3, 0.4) is 0 Å². The molecule has 2 rings (SSSR count). The van der Waals surface area contributed by atoms with Crippen molar-refractivity contribution in [3.05, 3.63) is 41.7 Å². The second-order valence-electron chi connectivity index (χ2n) is 6.03. The number of esters is 1. The predicted octanol–water partition coefficient (Wildman–Crippen LogP) is 3.25. The number of aromatic nitrogens is 1. The van der Waals surface area contributed by atoms with E-state index in [0.717, 1.165) is 6.42 Å². The van der Waals surface area contributed by atoms with Crippen LogP contribution in [0.2, 0.25) is 0 Å². The van der Waals surface area contributed by atoms with Crippen molar-refractivity contribution in [1.29, 1.82) is 0 Å². The van der Waals surface area contributed by atoms with Gasteiger partial charge in [0.05, 0.1) is 23.2 Å². The number of anilines is 2. The molecular formula is C19H23N3O5S. The van der Waals surface area contributed by atoms with Crippen LogP contribution in [0.15, 0.2) is 34.9 Å². The van der Waals surface area contributed by atoms with E-state index in [2.05, 4.69) is 15.8 Å². The largest absolute Gasteiger partial charge is 0.462 e. The number of nitrogens with zero attached hydrogens (tertiary/aromatic N) is 1. The Morgan fingerprint density at radius 3 is 2.54 bits per heavy atom. The molecule has 2 aromatic rings. The fourth-order valence-corrected chi connectivity index (χ4v) is 2.78. The number of hydrogen-bond acceptors (Lipinski definition) is 7. The molecule has 1 unspecified atom stereocenters. The molecule has 28 heavy (non-hydrogen) atoms. The summed E-state index contributed by atoms with van der Waals surface area (Å²) in [6, 6.07) is 8.07. The molecule has 9 heteroatoms. The molecule has 0 fully saturated rings. The number of amides is 2. The quantitative estimate of drug-likeness (QED) is 0.616. The Hall–Kier alpha value is -2.81. The third-order valence-electron chi connectivity index (χ3n) is 3.55. The lowest BCUT2D eigenvalue weighted by molar-refractivity contribution is -0.115. The third-order valence-corrected chi connectivity index (χ3v) is 4.70. The van der Waals surface area contributed by atoms with E-state index in [4.69, 9.17) is 9.26 Å². The maximum Gasteiger partial charge on any atom is 0.338 e. The molecule has 0 aliphatic rings. The lowest BCUT2D eigenvalue weighted by atomic mass is 10.2. The number of nitrogens with one attached hydrogen (secondary N) is 2. The summed E-state index contributed by atoms with van der Waals surface area (Å²) < 4.78 is 9.94. The highest BCUT2D eigenvalue weighted by atomic mass is 32.2. The van der Waals surface area contributed by atoms with Crippen LogP contribution in [0.4, 0.5) is 11.5 Å². The summed E-state index contributed by atoms with van der Waals surface area (Å²) in [7, 11) is 0. The highest BCUT2D eigenvalue weighted by Gasteiger charge is 2.17. The maximum atomic E-state index is 12.1. The Kier molecular flexibility index (Phi) is 8.06. The summed E-state index contributed by atoms with van der Waals surface area (Å²) in [5.74, 6) is 0.144. The van der Waals surface area contributed by atoms with Gasteiger partial charge in [-0.3, -0.25) is 9.59 Å². The van der Waals surface area contributed by atoms with Crippen molar-refractivity contribution >= 4 is 41.1 Å². The van der Waals surface area contributed by atoms with Crippen LogP contribution in [0, 0.1) is 6.92 Å². The Balaban J connectivity index is 1.76. The van der Waals surface area contributed by atoms with Crippen molar-refractivity contribution < 1.29 is 23.6 Å². The van der Waals surface area contributed by atoms with E-state index in [1.54, 1.807) is 44.2 Å². The fraction of sp³-hybridized carbons (Fsp3) is 0.368. The van der Waals surface area contributed by atoms with Crippen molar-refractivity contribution in [2.24, 2.45) is 0 Å². The number of aryl methyl sites for hydroxylation is 1. The molecule has 2 amide bonds. The predicted molar refractivity (Wildman–Crippen MR) is 107 cm³/mol. The van der Waals surface area contributed by atoms with Gasteiger partial charge >= 0.3 is 5.97 Å². The van der Waals surface area contributed by atoms with Crippen LogP contribution < -0.4 is 10.6 Å². The topological polar surface area (TPSA) is 111 Å². The fourth-order valence-electron chi connectivity index (χ4n) is 2.09. The van der Waals surface area contributed by atoms with Crippen molar-refractivity contribution in [2.75, 3.05) is 23.0 Å². The van der Waals surface area contributed by atoms with Gasteiger partial charge in [-0.15, -0.1) is 11.8 Å². The van der Waals surface area contributed by atoms with Crippen LogP contribution in [-0.4, -0.2) is 40.6 Å². The molecular weight excluding hydrogens is 382 g/mol.